The second-order valence-electron chi connectivity index (χ2n) is 7.37. The van der Waals surface area contributed by atoms with E-state index in [0.29, 0.717) is 25.9 Å². The van der Waals surface area contributed by atoms with Crippen LogP contribution in [-0.4, -0.2) is 39.2 Å². The van der Waals surface area contributed by atoms with Crippen molar-refractivity contribution in [3.8, 4) is 0 Å². The second kappa shape index (κ2) is 8.21. The maximum absolute atomic E-state index is 12.6. The molecule has 1 aliphatic rings. The van der Waals surface area contributed by atoms with Gasteiger partial charge in [-0.1, -0.05) is 18.2 Å². The van der Waals surface area contributed by atoms with E-state index < -0.39 is 0 Å². The lowest BCUT2D eigenvalue weighted by Crippen LogP contribution is -2.40. The first kappa shape index (κ1) is 19.4. The van der Waals surface area contributed by atoms with E-state index in [2.05, 4.69) is 10.3 Å². The Labute approximate surface area is 173 Å². The van der Waals surface area contributed by atoms with Gasteiger partial charge in [0, 0.05) is 41.8 Å². The summed E-state index contributed by atoms with van der Waals surface area (Å²) in [4.78, 5) is 33.6. The van der Waals surface area contributed by atoms with Gasteiger partial charge >= 0.3 is 0 Å². The minimum Gasteiger partial charge on any atom is -0.339 e. The molecule has 0 bridgehead atoms. The monoisotopic (exact) mass is 408 g/mol. The van der Waals surface area contributed by atoms with Crippen LogP contribution in [0, 0.1) is 19.8 Å². The summed E-state index contributed by atoms with van der Waals surface area (Å²) >= 11 is 1.64. The molecule has 0 radical (unpaired) electrons. The van der Waals surface area contributed by atoms with Crippen LogP contribution in [-0.2, 0) is 9.59 Å². The smallest absolute Gasteiger partial charge is 0.246 e. The Morgan fingerprint density at radius 1 is 1.17 bits per heavy atom. The summed E-state index contributed by atoms with van der Waals surface area (Å²) in [5.41, 5.74) is 2.66. The van der Waals surface area contributed by atoms with Crippen LogP contribution >= 0.6 is 11.3 Å². The maximum atomic E-state index is 12.6. The Kier molecular flexibility index (Phi) is 5.49. The molecule has 2 aromatic heterocycles. The van der Waals surface area contributed by atoms with Gasteiger partial charge in [-0.15, -0.1) is 11.3 Å². The van der Waals surface area contributed by atoms with Gasteiger partial charge in [0.05, 0.1) is 11.4 Å². The van der Waals surface area contributed by atoms with Crippen molar-refractivity contribution in [2.45, 2.75) is 26.7 Å². The van der Waals surface area contributed by atoms with Gasteiger partial charge in [-0.05, 0) is 44.9 Å². The average Bonchev–Trinajstić information content (AvgIpc) is 3.21. The largest absolute Gasteiger partial charge is 0.339 e. The van der Waals surface area contributed by atoms with E-state index in [9.17, 15) is 9.59 Å². The molecule has 4 rings (SSSR count). The van der Waals surface area contributed by atoms with E-state index in [1.165, 1.54) is 4.88 Å². The van der Waals surface area contributed by atoms with Crippen molar-refractivity contribution in [3.63, 3.8) is 0 Å². The molecule has 1 N–H and O–H groups in total. The van der Waals surface area contributed by atoms with Crippen LogP contribution in [0.4, 0.5) is 5.69 Å². The van der Waals surface area contributed by atoms with Crippen LogP contribution in [0.3, 0.4) is 0 Å². The Morgan fingerprint density at radius 2 is 1.90 bits per heavy atom. The summed E-state index contributed by atoms with van der Waals surface area (Å²) in [5, 5.41) is 2.96. The van der Waals surface area contributed by atoms with E-state index in [1.54, 1.807) is 17.4 Å². The van der Waals surface area contributed by atoms with Gasteiger partial charge in [-0.2, -0.15) is 0 Å². The summed E-state index contributed by atoms with van der Waals surface area (Å²) < 4.78 is 2.03. The van der Waals surface area contributed by atoms with Crippen LogP contribution in [0.1, 0.15) is 29.1 Å². The highest BCUT2D eigenvalue weighted by Crippen LogP contribution is 2.23. The third-order valence-electron chi connectivity index (χ3n) is 5.27. The predicted molar refractivity (Wildman–Crippen MR) is 116 cm³/mol. The first-order valence-electron chi connectivity index (χ1n) is 9.79. The van der Waals surface area contributed by atoms with Crippen LogP contribution in [0.5, 0.6) is 0 Å². The van der Waals surface area contributed by atoms with E-state index in [1.807, 2.05) is 65.8 Å². The lowest BCUT2D eigenvalue weighted by Gasteiger charge is -2.30. The number of amides is 2. The molecule has 7 heteroatoms. The number of carbonyl (C=O) groups excluding carboxylic acids is 2. The maximum Gasteiger partial charge on any atom is 0.246 e. The number of nitrogens with zero attached hydrogens (tertiary/aromatic N) is 3. The van der Waals surface area contributed by atoms with Crippen LogP contribution in [0.15, 0.2) is 42.6 Å². The van der Waals surface area contributed by atoms with Crippen molar-refractivity contribution in [1.82, 2.24) is 14.3 Å². The first-order valence-corrected chi connectivity index (χ1v) is 10.6. The van der Waals surface area contributed by atoms with Crippen molar-refractivity contribution in [2.75, 3.05) is 18.4 Å². The molecule has 3 aromatic rings. The van der Waals surface area contributed by atoms with Gasteiger partial charge in [-0.3, -0.25) is 14.0 Å². The van der Waals surface area contributed by atoms with Crippen molar-refractivity contribution < 1.29 is 9.59 Å². The van der Waals surface area contributed by atoms with Gasteiger partial charge in [-0.25, -0.2) is 4.98 Å². The number of fused-ring (bicyclic) bond motifs is 1. The van der Waals surface area contributed by atoms with E-state index in [0.717, 1.165) is 22.0 Å². The number of aromatic nitrogens is 2. The van der Waals surface area contributed by atoms with E-state index in [-0.39, 0.29) is 17.7 Å². The zero-order valence-electron chi connectivity index (χ0n) is 16.6. The molecule has 0 atom stereocenters. The third kappa shape index (κ3) is 4.24. The van der Waals surface area contributed by atoms with Crippen LogP contribution in [0.25, 0.3) is 11.0 Å². The lowest BCUT2D eigenvalue weighted by molar-refractivity contribution is -0.130. The zero-order chi connectivity index (χ0) is 20.4. The summed E-state index contributed by atoms with van der Waals surface area (Å²) in [6, 6.07) is 9.48. The Balaban J connectivity index is 1.34. The fourth-order valence-electron chi connectivity index (χ4n) is 3.67. The predicted octanol–water partition coefficient (Wildman–Crippen LogP) is 3.90. The van der Waals surface area contributed by atoms with Crippen molar-refractivity contribution in [3.05, 3.63) is 58.9 Å². The third-order valence-corrected chi connectivity index (χ3v) is 6.16. The highest BCUT2D eigenvalue weighted by molar-refractivity contribution is 7.17. The molecule has 2 amide bonds. The summed E-state index contributed by atoms with van der Waals surface area (Å²) in [6.45, 7) is 5.18. The molecule has 3 heterocycles. The number of imidazole rings is 1. The molecule has 150 valence electrons. The molecule has 0 aliphatic carbocycles. The average molecular weight is 409 g/mol. The Morgan fingerprint density at radius 3 is 2.62 bits per heavy atom. The van der Waals surface area contributed by atoms with E-state index >= 15 is 0 Å². The number of piperidine rings is 1. The molecule has 29 heavy (non-hydrogen) atoms. The number of nitrogens with one attached hydrogen (secondary N) is 1. The number of thiazole rings is 1. The van der Waals surface area contributed by atoms with Crippen molar-refractivity contribution >= 4 is 39.9 Å². The molecule has 1 aliphatic heterocycles. The van der Waals surface area contributed by atoms with Gasteiger partial charge in [0.1, 0.15) is 0 Å². The van der Waals surface area contributed by atoms with E-state index in [4.69, 9.17) is 0 Å². The number of rotatable bonds is 4. The van der Waals surface area contributed by atoms with Crippen molar-refractivity contribution in [2.24, 2.45) is 5.92 Å². The van der Waals surface area contributed by atoms with Crippen molar-refractivity contribution in [1.29, 1.82) is 0 Å². The number of anilines is 1. The Bertz CT molecular complexity index is 1060. The minimum atomic E-state index is -0.0614. The Hall–Kier alpha value is -2.93. The number of para-hydroxylation sites is 1. The topological polar surface area (TPSA) is 66.7 Å². The molecule has 1 fully saturated rings. The molecule has 1 aromatic carbocycles. The number of carbonyl (C=O) groups is 2. The van der Waals surface area contributed by atoms with Gasteiger partial charge < -0.3 is 10.2 Å². The van der Waals surface area contributed by atoms with Gasteiger partial charge in [0.25, 0.3) is 0 Å². The van der Waals surface area contributed by atoms with Crippen LogP contribution in [0.2, 0.25) is 0 Å². The SMILES string of the molecule is Cc1cn2c(C=CC(=O)N3CCC(C(=O)Nc4ccccc4)CC3)c(C)nc2s1. The normalized spacial score (nSPS) is 15.3. The fraction of sp³-hybridized carbons (Fsp3) is 0.318. The summed E-state index contributed by atoms with van der Waals surface area (Å²) in [5.74, 6) is -0.0501. The highest BCUT2D eigenvalue weighted by Gasteiger charge is 2.26. The molecular weight excluding hydrogens is 384 g/mol. The zero-order valence-corrected chi connectivity index (χ0v) is 17.4. The molecule has 0 saturated carbocycles. The molecule has 6 nitrogen and oxygen atoms in total. The summed E-state index contributed by atoms with van der Waals surface area (Å²) in [6.07, 6.45) is 6.86. The number of likely N-dealkylation sites (tertiary alicyclic amines) is 1. The number of hydrogen-bond acceptors (Lipinski definition) is 4. The van der Waals surface area contributed by atoms with Crippen LogP contribution < -0.4 is 5.32 Å². The number of aryl methyl sites for hydroxylation is 2. The number of benzene rings is 1. The summed E-state index contributed by atoms with van der Waals surface area (Å²) in [7, 11) is 0. The quantitative estimate of drug-likeness (QED) is 0.666. The fourth-order valence-corrected chi connectivity index (χ4v) is 4.54. The molecule has 0 unspecified atom stereocenters. The number of hydrogen-bond donors (Lipinski definition) is 1. The molecular formula is C22H24N4O2S. The lowest BCUT2D eigenvalue weighted by atomic mass is 9.95. The van der Waals surface area contributed by atoms with Gasteiger partial charge in [0.2, 0.25) is 11.8 Å². The highest BCUT2D eigenvalue weighted by atomic mass is 32.1. The minimum absolute atomic E-state index is 0.0202. The molecule has 1 saturated heterocycles. The standard InChI is InChI=1S/C22H24N4O2S/c1-15-14-26-19(16(2)23-22(26)29-15)8-9-20(27)25-12-10-17(11-13-25)21(28)24-18-6-4-3-5-7-18/h3-9,14,17H,10-13H2,1-2H3,(H,24,28). The molecule has 0 spiro atoms. The van der Waals surface area contributed by atoms with Gasteiger partial charge in [0.15, 0.2) is 4.96 Å². The first-order chi connectivity index (χ1) is 14.0. The second-order valence-corrected chi connectivity index (χ2v) is 8.58.